The van der Waals surface area contributed by atoms with Crippen LogP contribution in [0.15, 0.2) is 12.1 Å². The fourth-order valence-electron chi connectivity index (χ4n) is 4.69. The molecule has 0 aliphatic carbocycles. The molecular formula is C21H38Si. The molecule has 0 saturated carbocycles. The summed E-state index contributed by atoms with van der Waals surface area (Å²) in [5.41, 5.74) is 8.22. The molecule has 1 rings (SSSR count). The van der Waals surface area contributed by atoms with Crippen LogP contribution in [0.1, 0.15) is 72.1 Å². The van der Waals surface area contributed by atoms with Crippen molar-refractivity contribution in [3.63, 3.8) is 0 Å². The maximum Gasteiger partial charge on any atom is 0.0616 e. The van der Waals surface area contributed by atoms with E-state index in [1.807, 2.05) is 0 Å². The maximum absolute atomic E-state index is 7.47. The van der Waals surface area contributed by atoms with Crippen LogP contribution < -0.4 is 0 Å². The number of hydrogen-bond acceptors (Lipinski definition) is 0. The molecule has 0 saturated heterocycles. The van der Waals surface area contributed by atoms with Crippen LogP contribution in [0.3, 0.4) is 0 Å². The minimum atomic E-state index is -1.31. The quantitative estimate of drug-likeness (QED) is 0.470. The van der Waals surface area contributed by atoms with Gasteiger partial charge in [-0.1, -0.05) is 83.2 Å². The van der Waals surface area contributed by atoms with Gasteiger partial charge in [-0.25, -0.2) is 0 Å². The van der Waals surface area contributed by atoms with Gasteiger partial charge in [-0.3, -0.25) is 0 Å². The summed E-state index contributed by atoms with van der Waals surface area (Å²) >= 11 is 0. The van der Waals surface area contributed by atoms with Gasteiger partial charge in [0.2, 0.25) is 0 Å². The first-order valence-electron chi connectivity index (χ1n) is 9.75. The fraction of sp³-hybridized carbons (Fsp3) is 0.714. The minimum absolute atomic E-state index is 0.490. The lowest BCUT2D eigenvalue weighted by Crippen LogP contribution is -2.44. The number of hydrogen-bond donors (Lipinski definition) is 0. The van der Waals surface area contributed by atoms with Crippen molar-refractivity contribution in [3.05, 3.63) is 34.4 Å². The molecule has 0 atom stereocenters. The first-order chi connectivity index (χ1) is 10.7. The first kappa shape index (κ1) is 17.8. The molecule has 1 aromatic carbocycles. The third-order valence-electron chi connectivity index (χ3n) is 6.12. The number of aryl methyl sites for hydroxylation is 4. The van der Waals surface area contributed by atoms with E-state index in [4.69, 9.17) is 1.37 Å². The highest BCUT2D eigenvalue weighted by molar-refractivity contribution is 6.83. The molecule has 1 aromatic rings. The highest BCUT2D eigenvalue weighted by atomic mass is 28.3. The summed E-state index contributed by atoms with van der Waals surface area (Å²) in [6.45, 7) is 19.7. The van der Waals surface area contributed by atoms with E-state index in [0.717, 1.165) is 23.0 Å². The molecule has 0 amide bonds. The van der Waals surface area contributed by atoms with Crippen molar-refractivity contribution in [1.29, 1.82) is 0 Å². The van der Waals surface area contributed by atoms with Gasteiger partial charge in [0.15, 0.2) is 0 Å². The predicted octanol–water partition coefficient (Wildman–Crippen LogP) is 7.09. The van der Waals surface area contributed by atoms with E-state index in [9.17, 15) is 0 Å². The molecule has 0 radical (unpaired) electrons. The van der Waals surface area contributed by atoms with Gasteiger partial charge >= 0.3 is 0 Å². The molecule has 0 aromatic heterocycles. The van der Waals surface area contributed by atoms with Gasteiger partial charge in [0.05, 0.1) is 8.07 Å². The molecule has 0 fully saturated rings. The Bertz CT molecular complexity index is 481. The summed E-state index contributed by atoms with van der Waals surface area (Å²) in [7, 11) is -1.31. The third kappa shape index (κ3) is 3.85. The smallest absolute Gasteiger partial charge is 0.0616 e. The summed E-state index contributed by atoms with van der Waals surface area (Å²) in [4.78, 5) is 0. The van der Waals surface area contributed by atoms with E-state index >= 15 is 0 Å². The minimum Gasteiger partial charge on any atom is -0.0651 e. The van der Waals surface area contributed by atoms with Crippen LogP contribution >= 0.6 is 0 Å². The average Bonchev–Trinajstić information content (AvgIpc) is 2.43. The lowest BCUT2D eigenvalue weighted by atomic mass is 9.97. The van der Waals surface area contributed by atoms with Crippen LogP contribution in [0, 0.1) is 13.8 Å². The Labute approximate surface area is 142 Å². The molecule has 126 valence electrons. The van der Waals surface area contributed by atoms with E-state index in [1.54, 1.807) is 0 Å². The number of benzene rings is 1. The average molecular weight is 321 g/mol. The largest absolute Gasteiger partial charge is 0.0651 e. The van der Waals surface area contributed by atoms with Crippen molar-refractivity contribution >= 4 is 8.07 Å². The van der Waals surface area contributed by atoms with Crippen LogP contribution in [0.5, 0.6) is 0 Å². The Kier molecular flexibility index (Phi) is 6.32. The summed E-state index contributed by atoms with van der Waals surface area (Å²) in [5, 5.41) is 0. The molecule has 0 unspecified atom stereocenters. The lowest BCUT2D eigenvalue weighted by Gasteiger charge is -2.43. The summed E-state index contributed by atoms with van der Waals surface area (Å²) in [6.07, 6.45) is 2.12. The summed E-state index contributed by atoms with van der Waals surface area (Å²) in [6, 6.07) is 6.14. The molecule has 0 nitrogen and oxygen atoms in total. The zero-order valence-corrected chi connectivity index (χ0v) is 17.2. The van der Waals surface area contributed by atoms with Gasteiger partial charge in [0.25, 0.3) is 0 Å². The van der Waals surface area contributed by atoms with Gasteiger partial charge in [0, 0.05) is 1.37 Å². The van der Waals surface area contributed by atoms with Crippen molar-refractivity contribution in [3.8, 4) is 0 Å². The van der Waals surface area contributed by atoms with Gasteiger partial charge in [-0.15, -0.1) is 0 Å². The molecule has 1 heteroatoms. The van der Waals surface area contributed by atoms with E-state index in [0.29, 0.717) is 6.90 Å². The Morgan fingerprint density at radius 1 is 0.864 bits per heavy atom. The van der Waals surface area contributed by atoms with Crippen LogP contribution in [-0.4, -0.2) is 8.07 Å². The fourth-order valence-corrected chi connectivity index (χ4v) is 11.1. The SMILES string of the molecule is [3H]CCc1cc(C)c(CC[Si](C(C)C)(C(C)C)C(C)C)cc1C. The predicted molar refractivity (Wildman–Crippen MR) is 105 cm³/mol. The summed E-state index contributed by atoms with van der Waals surface area (Å²) in [5.74, 6) is 0. The van der Waals surface area contributed by atoms with Crippen molar-refractivity contribution in [2.24, 2.45) is 0 Å². The summed E-state index contributed by atoms with van der Waals surface area (Å²) < 4.78 is 7.47. The highest BCUT2D eigenvalue weighted by Gasteiger charge is 2.41. The molecule has 0 aliphatic rings. The van der Waals surface area contributed by atoms with Crippen LogP contribution in [-0.2, 0) is 12.8 Å². The Morgan fingerprint density at radius 3 is 1.77 bits per heavy atom. The number of rotatable bonds is 7. The molecule has 0 heterocycles. The molecular weight excluding hydrogens is 280 g/mol. The van der Waals surface area contributed by atoms with Crippen molar-refractivity contribution in [2.75, 3.05) is 0 Å². The standard InChI is InChI=1S/C21H38Si/c1-10-20-13-19(9)21(14-18(20)8)11-12-22(15(2)3,16(4)5)17(6)7/h13-17H,10-12H2,1-9H3/i1T. The maximum atomic E-state index is 7.47. The van der Waals surface area contributed by atoms with Crippen LogP contribution in [0.25, 0.3) is 0 Å². The first-order valence-corrected chi connectivity index (χ1v) is 11.5. The lowest BCUT2D eigenvalue weighted by molar-refractivity contribution is 0.787. The topological polar surface area (TPSA) is 0 Å². The second kappa shape index (κ2) is 7.81. The van der Waals surface area contributed by atoms with Crippen molar-refractivity contribution in [2.45, 2.75) is 97.8 Å². The van der Waals surface area contributed by atoms with Crippen LogP contribution in [0.4, 0.5) is 0 Å². The van der Waals surface area contributed by atoms with Crippen molar-refractivity contribution < 1.29 is 1.37 Å². The van der Waals surface area contributed by atoms with E-state index in [1.165, 1.54) is 34.7 Å². The third-order valence-corrected chi connectivity index (χ3v) is 13.7. The molecule has 0 bridgehead atoms. The zero-order chi connectivity index (χ0) is 17.8. The Hall–Kier alpha value is -0.563. The molecule has 0 spiro atoms. The second-order valence-corrected chi connectivity index (χ2v) is 14.2. The highest BCUT2D eigenvalue weighted by Crippen LogP contribution is 2.45. The Morgan fingerprint density at radius 2 is 1.32 bits per heavy atom. The second-order valence-electron chi connectivity index (χ2n) is 8.03. The van der Waals surface area contributed by atoms with Crippen molar-refractivity contribution in [1.82, 2.24) is 0 Å². The monoisotopic (exact) mass is 320 g/mol. The molecule has 22 heavy (non-hydrogen) atoms. The normalized spacial score (nSPS) is 13.3. The van der Waals surface area contributed by atoms with Gasteiger partial charge in [-0.2, -0.15) is 0 Å². The molecule has 0 aliphatic heterocycles. The zero-order valence-electron chi connectivity index (χ0n) is 17.2. The van der Waals surface area contributed by atoms with E-state index in [2.05, 4.69) is 67.5 Å². The van der Waals surface area contributed by atoms with Gasteiger partial charge < -0.3 is 0 Å². The van der Waals surface area contributed by atoms with Gasteiger partial charge in [0.1, 0.15) is 0 Å². The van der Waals surface area contributed by atoms with Crippen LogP contribution in [0.2, 0.25) is 22.7 Å². The Balaban J connectivity index is 3.05. The molecule has 0 N–H and O–H groups in total. The van der Waals surface area contributed by atoms with Gasteiger partial charge in [-0.05, 0) is 48.9 Å². The van der Waals surface area contributed by atoms with E-state index < -0.39 is 8.07 Å². The van der Waals surface area contributed by atoms with E-state index in [-0.39, 0.29) is 0 Å².